The number of pyridine rings is 3. The van der Waals surface area contributed by atoms with E-state index in [-0.39, 0.29) is 16.5 Å². The van der Waals surface area contributed by atoms with E-state index in [2.05, 4.69) is 15.3 Å². The van der Waals surface area contributed by atoms with E-state index in [4.69, 9.17) is 23.2 Å². The number of halogens is 2. The molecule has 1 amide bonds. The molecule has 0 saturated heterocycles. The summed E-state index contributed by atoms with van der Waals surface area (Å²) in [7, 11) is 1.67. The molecule has 3 heterocycles. The van der Waals surface area contributed by atoms with E-state index in [1.807, 2.05) is 0 Å². The van der Waals surface area contributed by atoms with Gasteiger partial charge in [-0.3, -0.25) is 19.6 Å². The molecule has 144 valence electrons. The van der Waals surface area contributed by atoms with E-state index in [0.717, 1.165) is 10.9 Å². The van der Waals surface area contributed by atoms with Crippen LogP contribution in [0.2, 0.25) is 10.0 Å². The van der Waals surface area contributed by atoms with E-state index in [0.29, 0.717) is 27.4 Å². The molecular formula is C21H14Cl2N4O2. The molecule has 0 aliphatic carbocycles. The van der Waals surface area contributed by atoms with Crippen molar-refractivity contribution in [1.82, 2.24) is 14.5 Å². The van der Waals surface area contributed by atoms with Gasteiger partial charge in [-0.15, -0.1) is 0 Å². The second-order valence-corrected chi connectivity index (χ2v) is 7.12. The van der Waals surface area contributed by atoms with E-state index in [1.165, 1.54) is 17.0 Å². The molecule has 0 atom stereocenters. The maximum absolute atomic E-state index is 13.0. The minimum Gasteiger partial charge on any atom is -0.321 e. The number of hydrogen-bond acceptors (Lipinski definition) is 4. The number of aromatic nitrogens is 3. The Morgan fingerprint density at radius 3 is 2.52 bits per heavy atom. The van der Waals surface area contributed by atoms with Crippen molar-refractivity contribution in [3.8, 4) is 11.1 Å². The summed E-state index contributed by atoms with van der Waals surface area (Å²) < 4.78 is 1.52. The number of aryl methyl sites for hydroxylation is 1. The minimum atomic E-state index is -0.349. The van der Waals surface area contributed by atoms with Gasteiger partial charge in [0, 0.05) is 48.3 Å². The third kappa shape index (κ3) is 3.48. The van der Waals surface area contributed by atoms with Crippen LogP contribution in [0.1, 0.15) is 10.4 Å². The van der Waals surface area contributed by atoms with Crippen molar-refractivity contribution in [2.24, 2.45) is 7.05 Å². The van der Waals surface area contributed by atoms with E-state index >= 15 is 0 Å². The summed E-state index contributed by atoms with van der Waals surface area (Å²) in [6.07, 6.45) is 6.33. The summed E-state index contributed by atoms with van der Waals surface area (Å²) in [6, 6.07) is 9.83. The van der Waals surface area contributed by atoms with Crippen LogP contribution >= 0.6 is 23.2 Å². The Morgan fingerprint density at radius 2 is 1.76 bits per heavy atom. The number of amides is 1. The lowest BCUT2D eigenvalue weighted by atomic mass is 10.0. The zero-order valence-electron chi connectivity index (χ0n) is 15.2. The third-order valence-corrected chi connectivity index (χ3v) is 5.28. The molecule has 0 spiro atoms. The van der Waals surface area contributed by atoms with Crippen molar-refractivity contribution in [3.05, 3.63) is 87.1 Å². The Bertz CT molecular complexity index is 1300. The van der Waals surface area contributed by atoms with Gasteiger partial charge in [0.1, 0.15) is 0 Å². The lowest BCUT2D eigenvalue weighted by Gasteiger charge is -2.14. The molecule has 4 aromatic rings. The second-order valence-electron chi connectivity index (χ2n) is 6.33. The van der Waals surface area contributed by atoms with Gasteiger partial charge in [-0.2, -0.15) is 0 Å². The molecule has 0 bridgehead atoms. The zero-order valence-corrected chi connectivity index (χ0v) is 16.7. The number of hydrogen-bond donors (Lipinski definition) is 1. The van der Waals surface area contributed by atoms with Crippen LogP contribution in [-0.2, 0) is 7.05 Å². The van der Waals surface area contributed by atoms with Crippen LogP contribution in [0.5, 0.6) is 0 Å². The van der Waals surface area contributed by atoms with Gasteiger partial charge >= 0.3 is 0 Å². The fourth-order valence-corrected chi connectivity index (χ4v) is 3.72. The van der Waals surface area contributed by atoms with Crippen molar-refractivity contribution in [1.29, 1.82) is 0 Å². The van der Waals surface area contributed by atoms with Crippen molar-refractivity contribution >= 4 is 45.7 Å². The molecule has 1 aromatic carbocycles. The van der Waals surface area contributed by atoms with Crippen LogP contribution in [0.15, 0.2) is 66.0 Å². The standard InChI is InChI=1S/C21H14Cl2N4O2/c1-27-17-6-9-25-11-13(17)10-14(21(27)29)18-15(22)2-3-16(19(18)23)26-20(28)12-4-7-24-8-5-12/h2-11H,1H3,(H,26,28). The Morgan fingerprint density at radius 1 is 1.03 bits per heavy atom. The second kappa shape index (κ2) is 7.66. The minimum absolute atomic E-state index is 0.181. The number of carbonyl (C=O) groups excluding carboxylic acids is 1. The highest BCUT2D eigenvalue weighted by Crippen LogP contribution is 2.39. The fraction of sp³-hybridized carbons (Fsp3) is 0.0476. The van der Waals surface area contributed by atoms with Gasteiger partial charge in [0.15, 0.2) is 0 Å². The molecule has 8 heteroatoms. The normalized spacial score (nSPS) is 10.9. The summed E-state index contributed by atoms with van der Waals surface area (Å²) in [5, 5.41) is 4.01. The highest BCUT2D eigenvalue weighted by molar-refractivity contribution is 6.41. The summed E-state index contributed by atoms with van der Waals surface area (Å²) >= 11 is 13.0. The van der Waals surface area contributed by atoms with Gasteiger partial charge in [-0.25, -0.2) is 0 Å². The Balaban J connectivity index is 1.85. The van der Waals surface area contributed by atoms with E-state index < -0.39 is 0 Å². The van der Waals surface area contributed by atoms with Crippen LogP contribution in [-0.4, -0.2) is 20.4 Å². The Labute approximate surface area is 175 Å². The van der Waals surface area contributed by atoms with Crippen molar-refractivity contribution in [2.75, 3.05) is 5.32 Å². The smallest absolute Gasteiger partial charge is 0.258 e. The summed E-state index contributed by atoms with van der Waals surface area (Å²) in [5.74, 6) is -0.349. The number of nitrogens with zero attached hydrogens (tertiary/aromatic N) is 3. The van der Waals surface area contributed by atoms with Gasteiger partial charge < -0.3 is 9.88 Å². The van der Waals surface area contributed by atoms with Crippen LogP contribution in [0, 0.1) is 0 Å². The van der Waals surface area contributed by atoms with Crippen molar-refractivity contribution in [2.45, 2.75) is 0 Å². The SMILES string of the molecule is Cn1c(=O)c(-c2c(Cl)ccc(NC(=O)c3ccncc3)c2Cl)cc2cnccc21. The van der Waals surface area contributed by atoms with Gasteiger partial charge in [0.25, 0.3) is 11.5 Å². The zero-order chi connectivity index (χ0) is 20.5. The largest absolute Gasteiger partial charge is 0.321 e. The molecular weight excluding hydrogens is 411 g/mol. The first kappa shape index (κ1) is 19.1. The maximum Gasteiger partial charge on any atom is 0.258 e. The highest BCUT2D eigenvalue weighted by Gasteiger charge is 2.19. The first-order valence-electron chi connectivity index (χ1n) is 8.61. The first-order valence-corrected chi connectivity index (χ1v) is 9.36. The molecule has 3 aromatic heterocycles. The van der Waals surface area contributed by atoms with Crippen LogP contribution in [0.25, 0.3) is 22.0 Å². The number of benzene rings is 1. The lowest BCUT2D eigenvalue weighted by Crippen LogP contribution is -2.19. The first-order chi connectivity index (χ1) is 14.0. The molecule has 6 nitrogen and oxygen atoms in total. The van der Waals surface area contributed by atoms with Crippen LogP contribution in [0.4, 0.5) is 5.69 Å². The number of nitrogens with one attached hydrogen (secondary N) is 1. The average Bonchev–Trinajstić information content (AvgIpc) is 2.74. The predicted molar refractivity (Wildman–Crippen MR) is 115 cm³/mol. The van der Waals surface area contributed by atoms with E-state index in [9.17, 15) is 9.59 Å². The summed E-state index contributed by atoms with van der Waals surface area (Å²) in [6.45, 7) is 0. The Hall–Kier alpha value is -3.22. The topological polar surface area (TPSA) is 76.9 Å². The van der Waals surface area contributed by atoms with Gasteiger partial charge in [-0.05, 0) is 36.4 Å². The van der Waals surface area contributed by atoms with Crippen LogP contribution in [0.3, 0.4) is 0 Å². The monoisotopic (exact) mass is 424 g/mol. The molecule has 0 fully saturated rings. The van der Waals surface area contributed by atoms with Gasteiger partial charge in [0.2, 0.25) is 0 Å². The average molecular weight is 425 g/mol. The quantitative estimate of drug-likeness (QED) is 0.522. The molecule has 0 radical (unpaired) electrons. The predicted octanol–water partition coefficient (Wildman–Crippen LogP) is 4.55. The molecule has 0 aliphatic rings. The molecule has 1 N–H and O–H groups in total. The molecule has 0 saturated carbocycles. The highest BCUT2D eigenvalue weighted by atomic mass is 35.5. The Kier molecular flexibility index (Phi) is 5.05. The third-order valence-electron chi connectivity index (χ3n) is 4.58. The number of anilines is 1. The number of rotatable bonds is 3. The number of fused-ring (bicyclic) bond motifs is 1. The van der Waals surface area contributed by atoms with Gasteiger partial charge in [-0.1, -0.05) is 23.2 Å². The molecule has 0 unspecified atom stereocenters. The molecule has 0 aliphatic heterocycles. The van der Waals surface area contributed by atoms with Gasteiger partial charge in [0.05, 0.1) is 26.8 Å². The van der Waals surface area contributed by atoms with Crippen LogP contribution < -0.4 is 10.9 Å². The molecule has 29 heavy (non-hydrogen) atoms. The number of carbonyl (C=O) groups is 1. The maximum atomic E-state index is 13.0. The molecule has 4 rings (SSSR count). The lowest BCUT2D eigenvalue weighted by molar-refractivity contribution is 0.102. The fourth-order valence-electron chi connectivity index (χ4n) is 3.10. The summed E-state index contributed by atoms with van der Waals surface area (Å²) in [4.78, 5) is 33.5. The van der Waals surface area contributed by atoms with Crippen molar-refractivity contribution in [3.63, 3.8) is 0 Å². The van der Waals surface area contributed by atoms with E-state index in [1.54, 1.807) is 55.8 Å². The van der Waals surface area contributed by atoms with Crippen molar-refractivity contribution < 1.29 is 4.79 Å². The summed E-state index contributed by atoms with van der Waals surface area (Å²) in [5.41, 5.74) is 1.94.